The molecule has 0 bridgehead atoms. The van der Waals surface area contributed by atoms with Crippen LogP contribution in [0.3, 0.4) is 0 Å². The molecule has 2 heterocycles. The van der Waals surface area contributed by atoms with Crippen molar-refractivity contribution in [1.82, 2.24) is 19.4 Å². The minimum Gasteiger partial charge on any atom is -0.304 e. The van der Waals surface area contributed by atoms with Crippen molar-refractivity contribution >= 4 is 44.2 Å². The number of hydrogen-bond acceptors (Lipinski definition) is 8. The second kappa shape index (κ2) is 9.14. The summed E-state index contributed by atoms with van der Waals surface area (Å²) in [6, 6.07) is 6.06. The van der Waals surface area contributed by atoms with Crippen molar-refractivity contribution in [3.05, 3.63) is 42.5 Å². The van der Waals surface area contributed by atoms with Gasteiger partial charge in [0.2, 0.25) is 15.2 Å². The molecule has 8 nitrogen and oxygen atoms in total. The Hall–Kier alpha value is -1.79. The van der Waals surface area contributed by atoms with Crippen molar-refractivity contribution in [1.29, 1.82) is 0 Å². The molecule has 1 fully saturated rings. The summed E-state index contributed by atoms with van der Waals surface area (Å²) >= 11 is 2.73. The highest BCUT2D eigenvalue weighted by atomic mass is 32.2. The number of sulfonamides is 1. The number of anilines is 1. The number of hydrogen-bond donors (Lipinski definition) is 1. The van der Waals surface area contributed by atoms with Gasteiger partial charge in [-0.3, -0.25) is 10.1 Å². The van der Waals surface area contributed by atoms with E-state index in [0.29, 0.717) is 37.1 Å². The number of thioether (sulfide) groups is 1. The Morgan fingerprint density at radius 1 is 1.32 bits per heavy atom. The molecule has 1 amide bonds. The summed E-state index contributed by atoms with van der Waals surface area (Å²) < 4.78 is 27.9. The lowest BCUT2D eigenvalue weighted by Crippen LogP contribution is -2.47. The summed E-state index contributed by atoms with van der Waals surface area (Å²) in [5.41, 5.74) is 0.255. The molecule has 28 heavy (non-hydrogen) atoms. The second-order valence-electron chi connectivity index (χ2n) is 6.16. The van der Waals surface area contributed by atoms with Crippen LogP contribution in [0.2, 0.25) is 0 Å². The van der Waals surface area contributed by atoms with Crippen LogP contribution in [0.15, 0.2) is 46.2 Å². The average Bonchev–Trinajstić information content (AvgIpc) is 3.14. The lowest BCUT2D eigenvalue weighted by atomic mass is 10.2. The molecule has 11 heteroatoms. The first-order chi connectivity index (χ1) is 13.4. The highest BCUT2D eigenvalue weighted by Gasteiger charge is 2.28. The van der Waals surface area contributed by atoms with E-state index < -0.39 is 15.9 Å². The van der Waals surface area contributed by atoms with Crippen LogP contribution >= 0.6 is 23.1 Å². The van der Waals surface area contributed by atoms with E-state index in [9.17, 15) is 13.2 Å². The van der Waals surface area contributed by atoms with Crippen molar-refractivity contribution in [3.63, 3.8) is 0 Å². The predicted molar refractivity (Wildman–Crippen MR) is 111 cm³/mol. The first kappa shape index (κ1) is 20.9. The zero-order valence-electron chi connectivity index (χ0n) is 15.4. The highest BCUT2D eigenvalue weighted by Crippen LogP contribution is 2.26. The quantitative estimate of drug-likeness (QED) is 0.400. The SMILES string of the molecule is C=CCSc1nnc(NC(=O)c2cccc(S(=O)(=O)N3CCN(C)CC3)c2)s1. The van der Waals surface area contributed by atoms with Crippen LogP contribution in [0, 0.1) is 0 Å². The summed E-state index contributed by atoms with van der Waals surface area (Å²) in [5, 5.41) is 11.0. The number of benzene rings is 1. The fourth-order valence-electron chi connectivity index (χ4n) is 2.59. The minimum absolute atomic E-state index is 0.115. The van der Waals surface area contributed by atoms with E-state index in [1.165, 1.54) is 39.5 Å². The van der Waals surface area contributed by atoms with Gasteiger partial charge < -0.3 is 4.90 Å². The van der Waals surface area contributed by atoms with E-state index in [4.69, 9.17) is 0 Å². The van der Waals surface area contributed by atoms with E-state index in [-0.39, 0.29) is 10.5 Å². The Morgan fingerprint density at radius 3 is 2.79 bits per heavy atom. The lowest BCUT2D eigenvalue weighted by molar-refractivity contribution is 0.102. The van der Waals surface area contributed by atoms with Gasteiger partial charge in [0.05, 0.1) is 4.90 Å². The van der Waals surface area contributed by atoms with Crippen molar-refractivity contribution in [2.75, 3.05) is 44.3 Å². The maximum Gasteiger partial charge on any atom is 0.257 e. The number of likely N-dealkylation sites (N-methyl/N-ethyl adjacent to an activating group) is 1. The van der Waals surface area contributed by atoms with Crippen LogP contribution < -0.4 is 5.32 Å². The maximum absolute atomic E-state index is 12.9. The molecule has 0 radical (unpaired) electrons. The van der Waals surface area contributed by atoms with Gasteiger partial charge in [-0.05, 0) is 25.2 Å². The molecule has 0 atom stereocenters. The monoisotopic (exact) mass is 439 g/mol. The Labute approximate surface area is 172 Å². The Bertz CT molecular complexity index is 952. The van der Waals surface area contributed by atoms with Crippen LogP contribution in [-0.4, -0.2) is 72.7 Å². The second-order valence-corrected chi connectivity index (χ2v) is 10.3. The minimum atomic E-state index is -3.63. The number of amides is 1. The number of carbonyl (C=O) groups is 1. The molecule has 0 saturated carbocycles. The van der Waals surface area contributed by atoms with Crippen LogP contribution in [0.5, 0.6) is 0 Å². The van der Waals surface area contributed by atoms with Gasteiger partial charge in [0.15, 0.2) is 4.34 Å². The van der Waals surface area contributed by atoms with Gasteiger partial charge in [0.25, 0.3) is 5.91 Å². The third-order valence-electron chi connectivity index (χ3n) is 4.15. The number of nitrogens with one attached hydrogen (secondary N) is 1. The first-order valence-electron chi connectivity index (χ1n) is 8.57. The fourth-order valence-corrected chi connectivity index (χ4v) is 5.57. The molecular formula is C17H21N5O3S3. The average molecular weight is 440 g/mol. The van der Waals surface area contributed by atoms with E-state index in [0.717, 1.165) is 4.34 Å². The van der Waals surface area contributed by atoms with Crippen LogP contribution in [0.1, 0.15) is 10.4 Å². The Balaban J connectivity index is 1.72. The normalized spacial score (nSPS) is 16.0. The molecule has 1 N–H and O–H groups in total. The van der Waals surface area contributed by atoms with Gasteiger partial charge in [-0.2, -0.15) is 4.31 Å². The van der Waals surface area contributed by atoms with Gasteiger partial charge in [0, 0.05) is 37.5 Å². The number of nitrogens with zero attached hydrogens (tertiary/aromatic N) is 4. The molecule has 1 aromatic heterocycles. The number of aromatic nitrogens is 2. The van der Waals surface area contributed by atoms with Gasteiger partial charge >= 0.3 is 0 Å². The zero-order valence-corrected chi connectivity index (χ0v) is 17.8. The van der Waals surface area contributed by atoms with Crippen LogP contribution in [0.25, 0.3) is 0 Å². The van der Waals surface area contributed by atoms with E-state index in [1.54, 1.807) is 18.2 Å². The van der Waals surface area contributed by atoms with Crippen molar-refractivity contribution in [3.8, 4) is 0 Å². The summed E-state index contributed by atoms with van der Waals surface area (Å²) in [5.74, 6) is 0.279. The van der Waals surface area contributed by atoms with Crippen molar-refractivity contribution in [2.24, 2.45) is 0 Å². The van der Waals surface area contributed by atoms with E-state index >= 15 is 0 Å². The largest absolute Gasteiger partial charge is 0.304 e. The number of carbonyl (C=O) groups excluding carboxylic acids is 1. The summed E-state index contributed by atoms with van der Waals surface area (Å²) in [6.45, 7) is 5.88. The standard InChI is InChI=1S/C17H21N5O3S3/c1-3-11-26-17-20-19-16(27-17)18-15(23)13-5-4-6-14(12-13)28(24,25)22-9-7-21(2)8-10-22/h3-6,12H,1,7-11H2,2H3,(H,18,19,23). The van der Waals surface area contributed by atoms with Gasteiger partial charge in [-0.1, -0.05) is 35.2 Å². The molecule has 150 valence electrons. The third kappa shape index (κ3) is 4.97. The van der Waals surface area contributed by atoms with Gasteiger partial charge in [0.1, 0.15) is 0 Å². The topological polar surface area (TPSA) is 95.5 Å². The maximum atomic E-state index is 12.9. The van der Waals surface area contributed by atoms with Crippen LogP contribution in [0.4, 0.5) is 5.13 Å². The molecule has 1 saturated heterocycles. The molecule has 2 aromatic rings. The molecule has 0 aliphatic carbocycles. The molecule has 0 spiro atoms. The summed E-state index contributed by atoms with van der Waals surface area (Å²) in [7, 11) is -1.67. The lowest BCUT2D eigenvalue weighted by Gasteiger charge is -2.31. The number of rotatable bonds is 7. The molecule has 1 aliphatic heterocycles. The third-order valence-corrected chi connectivity index (χ3v) is 8.01. The molecule has 1 aliphatic rings. The zero-order chi connectivity index (χ0) is 20.1. The summed E-state index contributed by atoms with van der Waals surface area (Å²) in [4.78, 5) is 14.7. The molecule has 1 aromatic carbocycles. The van der Waals surface area contributed by atoms with E-state index in [2.05, 4.69) is 27.0 Å². The molecule has 0 unspecified atom stereocenters. The Morgan fingerprint density at radius 2 is 2.07 bits per heavy atom. The number of piperazine rings is 1. The smallest absolute Gasteiger partial charge is 0.257 e. The van der Waals surface area contributed by atoms with Crippen LogP contribution in [-0.2, 0) is 10.0 Å². The van der Waals surface area contributed by atoms with Crippen molar-refractivity contribution < 1.29 is 13.2 Å². The summed E-state index contributed by atoms with van der Waals surface area (Å²) in [6.07, 6.45) is 1.76. The molecule has 3 rings (SSSR count). The van der Waals surface area contributed by atoms with E-state index in [1.807, 2.05) is 7.05 Å². The highest BCUT2D eigenvalue weighted by molar-refractivity contribution is 8.01. The molecular weight excluding hydrogens is 418 g/mol. The van der Waals surface area contributed by atoms with Gasteiger partial charge in [-0.25, -0.2) is 8.42 Å². The Kier molecular flexibility index (Phi) is 6.83. The van der Waals surface area contributed by atoms with Gasteiger partial charge in [-0.15, -0.1) is 16.8 Å². The predicted octanol–water partition coefficient (Wildman–Crippen LogP) is 2.00. The fraction of sp³-hybridized carbons (Fsp3) is 0.353. The first-order valence-corrected chi connectivity index (χ1v) is 11.8. The van der Waals surface area contributed by atoms with Crippen molar-refractivity contribution in [2.45, 2.75) is 9.24 Å².